The Hall–Kier alpha value is -0.0500. The van der Waals surface area contributed by atoms with Gasteiger partial charge in [0.2, 0.25) is 0 Å². The van der Waals surface area contributed by atoms with E-state index in [4.69, 9.17) is 19.3 Å². The maximum absolute atomic E-state index is 10.2. The van der Waals surface area contributed by atoms with Crippen molar-refractivity contribution in [2.24, 2.45) is 0 Å². The number of ether oxygens (including phenoxy) is 2. The van der Waals surface area contributed by atoms with Crippen molar-refractivity contribution in [3.63, 3.8) is 0 Å². The molecule has 2 aliphatic heterocycles. The van der Waals surface area contributed by atoms with Gasteiger partial charge in [-0.05, 0) is 6.42 Å². The van der Waals surface area contributed by atoms with Gasteiger partial charge >= 0.3 is 7.82 Å². The molecule has 0 amide bonds. The fraction of sp³-hybridized carbons (Fsp3) is 1.00. The van der Waals surface area contributed by atoms with Crippen LogP contribution in [0.5, 0.6) is 0 Å². The highest BCUT2D eigenvalue weighted by Gasteiger charge is 2.12. The van der Waals surface area contributed by atoms with Crippen molar-refractivity contribution in [1.82, 2.24) is 10.6 Å². The average Bonchev–Trinajstić information content (AvgIpc) is 2.64. The molecule has 0 unspecified atom stereocenters. The van der Waals surface area contributed by atoms with E-state index >= 15 is 0 Å². The molecule has 2 fully saturated rings. The van der Waals surface area contributed by atoms with Gasteiger partial charge in [-0.2, -0.15) is 0 Å². The molecule has 2 heterocycles. The van der Waals surface area contributed by atoms with Crippen molar-refractivity contribution in [2.45, 2.75) is 45.4 Å². The molecule has 0 aromatic rings. The first-order chi connectivity index (χ1) is 12.1. The van der Waals surface area contributed by atoms with Crippen LogP contribution in [0.1, 0.15) is 45.4 Å². The fourth-order valence-electron chi connectivity index (χ4n) is 2.10. The number of hydrogen-bond donors (Lipinski definition) is 4. The average molecular weight is 384 g/mol. The third-order valence-corrected chi connectivity index (χ3v) is 3.97. The van der Waals surface area contributed by atoms with E-state index in [1.54, 1.807) is 0 Å². The first-order valence-electron chi connectivity index (χ1n) is 9.33. The molecule has 0 aliphatic carbocycles. The lowest BCUT2D eigenvalue weighted by atomic mass is 10.1. The van der Waals surface area contributed by atoms with Gasteiger partial charge in [-0.15, -0.1) is 0 Å². The van der Waals surface area contributed by atoms with Gasteiger partial charge in [-0.3, -0.25) is 4.52 Å². The second-order valence-electron chi connectivity index (χ2n) is 5.82. The lowest BCUT2D eigenvalue weighted by Crippen LogP contribution is -2.30. The number of phosphoric acid groups is 1. The summed E-state index contributed by atoms with van der Waals surface area (Å²) in [6.45, 7) is 9.98. The van der Waals surface area contributed by atoms with Crippen molar-refractivity contribution in [3.8, 4) is 0 Å². The predicted octanol–water partition coefficient (Wildman–Crippen LogP) is 1.67. The van der Waals surface area contributed by atoms with E-state index in [9.17, 15) is 4.57 Å². The molecule has 0 bridgehead atoms. The third-order valence-electron chi connectivity index (χ3n) is 3.45. The van der Waals surface area contributed by atoms with Crippen LogP contribution in [0, 0.1) is 0 Å². The van der Waals surface area contributed by atoms with E-state index in [-0.39, 0.29) is 6.61 Å². The minimum Gasteiger partial charge on any atom is -0.379 e. The Kier molecular flexibility index (Phi) is 18.7. The summed E-state index contributed by atoms with van der Waals surface area (Å²) in [6, 6.07) is 0. The molecule has 0 radical (unpaired) electrons. The van der Waals surface area contributed by atoms with Crippen LogP contribution in [0.3, 0.4) is 0 Å². The molecule has 0 saturated carbocycles. The van der Waals surface area contributed by atoms with Crippen LogP contribution < -0.4 is 10.6 Å². The van der Waals surface area contributed by atoms with Crippen molar-refractivity contribution >= 4 is 7.82 Å². The van der Waals surface area contributed by atoms with Crippen LogP contribution in [-0.4, -0.2) is 69.0 Å². The van der Waals surface area contributed by atoms with Crippen molar-refractivity contribution < 1.29 is 28.3 Å². The topological polar surface area (TPSA) is 109 Å². The molecule has 0 aromatic carbocycles. The molecule has 8 nitrogen and oxygen atoms in total. The minimum absolute atomic E-state index is 0.163. The SMILES string of the molecule is C1COCCN1.C1COCCN1.CCCCCCCCOP(=O)(O)O. The van der Waals surface area contributed by atoms with Gasteiger partial charge in [0, 0.05) is 26.2 Å². The monoisotopic (exact) mass is 384 g/mol. The molecular weight excluding hydrogens is 347 g/mol. The summed E-state index contributed by atoms with van der Waals surface area (Å²) in [6.07, 6.45) is 6.48. The maximum atomic E-state index is 10.2. The Morgan fingerprint density at radius 2 is 1.28 bits per heavy atom. The summed E-state index contributed by atoms with van der Waals surface area (Å²) in [5.74, 6) is 0. The zero-order valence-electron chi connectivity index (χ0n) is 15.6. The van der Waals surface area contributed by atoms with Gasteiger partial charge in [0.05, 0.1) is 33.0 Å². The zero-order chi connectivity index (χ0) is 18.6. The quantitative estimate of drug-likeness (QED) is 0.370. The van der Waals surface area contributed by atoms with Crippen molar-refractivity contribution in [3.05, 3.63) is 0 Å². The second-order valence-corrected chi connectivity index (χ2v) is 7.06. The van der Waals surface area contributed by atoms with Gasteiger partial charge in [0.1, 0.15) is 0 Å². The summed E-state index contributed by atoms with van der Waals surface area (Å²) in [7, 11) is -4.23. The third kappa shape index (κ3) is 24.0. The Balaban J connectivity index is 0.000000392. The molecule has 2 aliphatic rings. The zero-order valence-corrected chi connectivity index (χ0v) is 16.5. The number of unbranched alkanes of at least 4 members (excludes halogenated alkanes) is 5. The number of hydrogen-bond acceptors (Lipinski definition) is 6. The molecule has 2 saturated heterocycles. The van der Waals surface area contributed by atoms with Gasteiger partial charge in [-0.1, -0.05) is 39.0 Å². The van der Waals surface area contributed by atoms with E-state index in [1.807, 2.05) is 0 Å². The molecule has 2 rings (SSSR count). The standard InChI is InChI=1S/C8H19O4P.2C4H9NO/c1-2-3-4-5-6-7-8-12-13(9,10)11;2*1-3-6-4-2-5-1/h2-8H2,1H3,(H2,9,10,11);2*5H,1-4H2. The second kappa shape index (κ2) is 18.7. The van der Waals surface area contributed by atoms with Crippen LogP contribution in [0.2, 0.25) is 0 Å². The first-order valence-corrected chi connectivity index (χ1v) is 10.9. The van der Waals surface area contributed by atoms with E-state index in [2.05, 4.69) is 22.1 Å². The molecular formula is C16H37N2O6P. The maximum Gasteiger partial charge on any atom is 0.469 e. The Bertz CT molecular complexity index is 274. The lowest BCUT2D eigenvalue weighted by Gasteiger charge is -2.10. The Morgan fingerprint density at radius 3 is 1.60 bits per heavy atom. The fourth-order valence-corrected chi connectivity index (χ4v) is 2.46. The van der Waals surface area contributed by atoms with Gasteiger partial charge in [0.25, 0.3) is 0 Å². The van der Waals surface area contributed by atoms with Crippen molar-refractivity contribution in [2.75, 3.05) is 59.2 Å². The normalized spacial score (nSPS) is 17.7. The number of nitrogens with one attached hydrogen (secondary N) is 2. The Labute approximate surface area is 152 Å². The van der Waals surface area contributed by atoms with Crippen LogP contribution in [-0.2, 0) is 18.6 Å². The van der Waals surface area contributed by atoms with Crippen LogP contribution in [0.15, 0.2) is 0 Å². The predicted molar refractivity (Wildman–Crippen MR) is 98.7 cm³/mol. The van der Waals surface area contributed by atoms with Gasteiger partial charge < -0.3 is 29.9 Å². The molecule has 9 heteroatoms. The summed E-state index contributed by atoms with van der Waals surface area (Å²) in [4.78, 5) is 16.7. The highest BCUT2D eigenvalue weighted by atomic mass is 31.2. The summed E-state index contributed by atoms with van der Waals surface area (Å²) < 4.78 is 24.6. The van der Waals surface area contributed by atoms with Gasteiger partial charge in [-0.25, -0.2) is 4.57 Å². The summed E-state index contributed by atoms with van der Waals surface area (Å²) in [5.41, 5.74) is 0. The van der Waals surface area contributed by atoms with Gasteiger partial charge in [0.15, 0.2) is 0 Å². The van der Waals surface area contributed by atoms with E-state index in [0.29, 0.717) is 0 Å². The highest BCUT2D eigenvalue weighted by Crippen LogP contribution is 2.35. The Morgan fingerprint density at radius 1 is 0.840 bits per heavy atom. The number of rotatable bonds is 8. The molecule has 152 valence electrons. The lowest BCUT2D eigenvalue weighted by molar-refractivity contribution is 0.109. The first kappa shape index (κ1) is 24.9. The number of phosphoric ester groups is 1. The van der Waals surface area contributed by atoms with E-state index < -0.39 is 7.82 Å². The minimum atomic E-state index is -4.23. The number of morpholine rings is 2. The van der Waals surface area contributed by atoms with E-state index in [1.165, 1.54) is 19.3 Å². The van der Waals surface area contributed by atoms with Crippen LogP contribution >= 0.6 is 7.82 Å². The van der Waals surface area contributed by atoms with Crippen LogP contribution in [0.4, 0.5) is 0 Å². The van der Waals surface area contributed by atoms with Crippen molar-refractivity contribution in [1.29, 1.82) is 0 Å². The molecule has 0 aromatic heterocycles. The summed E-state index contributed by atoms with van der Waals surface area (Å²) in [5, 5.41) is 6.32. The molecule has 25 heavy (non-hydrogen) atoms. The van der Waals surface area contributed by atoms with E-state index in [0.717, 1.165) is 71.9 Å². The molecule has 0 atom stereocenters. The van der Waals surface area contributed by atoms with Crippen LogP contribution in [0.25, 0.3) is 0 Å². The molecule has 4 N–H and O–H groups in total. The molecule has 0 spiro atoms. The smallest absolute Gasteiger partial charge is 0.379 e. The highest BCUT2D eigenvalue weighted by molar-refractivity contribution is 7.46. The summed E-state index contributed by atoms with van der Waals surface area (Å²) >= 11 is 0. The largest absolute Gasteiger partial charge is 0.469 e.